The van der Waals surface area contributed by atoms with Crippen LogP contribution in [0.2, 0.25) is 0 Å². The molecule has 9 heteroatoms. The fourth-order valence-corrected chi connectivity index (χ4v) is 3.28. The Hall–Kier alpha value is -1.87. The lowest BCUT2D eigenvalue weighted by atomic mass is 10.3. The van der Waals surface area contributed by atoms with E-state index < -0.39 is 21.6 Å². The van der Waals surface area contributed by atoms with E-state index >= 15 is 0 Å². The van der Waals surface area contributed by atoms with Gasteiger partial charge >= 0.3 is 0 Å². The quantitative estimate of drug-likeness (QED) is 0.832. The summed E-state index contributed by atoms with van der Waals surface area (Å²) in [5.41, 5.74) is 0.693. The van der Waals surface area contributed by atoms with Crippen LogP contribution in [0, 0.1) is 12.7 Å². The third-order valence-electron chi connectivity index (χ3n) is 2.70. The lowest BCUT2D eigenvalue weighted by molar-refractivity contribution is 0.0951. The second kappa shape index (κ2) is 6.27. The smallest absolute Gasteiger partial charge is 0.272 e. The third kappa shape index (κ3) is 3.82. The fraction of sp³-hybridized carbons (Fsp3) is 0.250. The van der Waals surface area contributed by atoms with E-state index in [-0.39, 0.29) is 22.9 Å². The maximum Gasteiger partial charge on any atom is 0.272 e. The van der Waals surface area contributed by atoms with Crippen LogP contribution in [-0.4, -0.2) is 35.4 Å². The van der Waals surface area contributed by atoms with Gasteiger partial charge in [-0.1, -0.05) is 0 Å². The molecule has 2 aromatic rings. The number of nitrogens with one attached hydrogen (secondary N) is 1. The third-order valence-corrected chi connectivity index (χ3v) is 5.05. The zero-order chi connectivity index (χ0) is 15.5. The van der Waals surface area contributed by atoms with Crippen LogP contribution in [0.4, 0.5) is 4.39 Å². The summed E-state index contributed by atoms with van der Waals surface area (Å²) in [6.45, 7) is 1.59. The van der Waals surface area contributed by atoms with Crippen LogP contribution in [0.3, 0.4) is 0 Å². The van der Waals surface area contributed by atoms with Crippen molar-refractivity contribution < 1.29 is 17.6 Å². The summed E-state index contributed by atoms with van der Waals surface area (Å²) in [7, 11) is -3.57. The molecule has 0 unspecified atom stereocenters. The lowest BCUT2D eigenvalue weighted by Gasteiger charge is -2.06. The van der Waals surface area contributed by atoms with Crippen LogP contribution in [0.1, 0.15) is 16.2 Å². The van der Waals surface area contributed by atoms with Crippen molar-refractivity contribution in [3.05, 3.63) is 41.5 Å². The summed E-state index contributed by atoms with van der Waals surface area (Å²) in [5, 5.41) is 2.48. The number of amides is 1. The van der Waals surface area contributed by atoms with Crippen molar-refractivity contribution in [2.45, 2.75) is 11.8 Å². The van der Waals surface area contributed by atoms with Gasteiger partial charge < -0.3 is 5.32 Å². The monoisotopic (exact) mass is 329 g/mol. The van der Waals surface area contributed by atoms with Gasteiger partial charge in [0.2, 0.25) is 0 Å². The molecule has 0 bridgehead atoms. The van der Waals surface area contributed by atoms with Crippen molar-refractivity contribution in [3.8, 4) is 0 Å². The summed E-state index contributed by atoms with van der Waals surface area (Å²) in [6, 6.07) is 4.55. The molecule has 2 rings (SSSR count). The Labute approximate surface area is 125 Å². The van der Waals surface area contributed by atoms with Gasteiger partial charge in [0, 0.05) is 6.54 Å². The summed E-state index contributed by atoms with van der Waals surface area (Å²) in [5.74, 6) is -1.25. The Morgan fingerprint density at radius 2 is 1.95 bits per heavy atom. The second-order valence-corrected chi connectivity index (χ2v) is 6.86. The highest BCUT2D eigenvalue weighted by atomic mass is 32.2. The van der Waals surface area contributed by atoms with E-state index in [9.17, 15) is 17.6 Å². The van der Waals surface area contributed by atoms with Crippen LogP contribution in [0.5, 0.6) is 0 Å². The molecule has 21 heavy (non-hydrogen) atoms. The number of benzene rings is 1. The van der Waals surface area contributed by atoms with Crippen molar-refractivity contribution in [1.29, 1.82) is 0 Å². The van der Waals surface area contributed by atoms with Crippen LogP contribution in [-0.2, 0) is 9.84 Å². The number of aryl methyl sites for hydroxylation is 1. The van der Waals surface area contributed by atoms with Crippen molar-refractivity contribution in [2.75, 3.05) is 12.3 Å². The number of sulfone groups is 1. The van der Waals surface area contributed by atoms with Gasteiger partial charge in [-0.3, -0.25) is 4.79 Å². The molecule has 0 aliphatic rings. The number of carbonyl (C=O) groups is 1. The molecule has 0 aliphatic carbocycles. The molecule has 0 spiro atoms. The minimum atomic E-state index is -3.57. The number of rotatable bonds is 5. The average Bonchev–Trinajstić information content (AvgIpc) is 2.85. The Morgan fingerprint density at radius 1 is 1.29 bits per heavy atom. The Kier molecular flexibility index (Phi) is 4.63. The minimum absolute atomic E-state index is 0.0182. The van der Waals surface area contributed by atoms with Crippen molar-refractivity contribution in [2.24, 2.45) is 0 Å². The molecule has 1 aromatic heterocycles. The lowest BCUT2D eigenvalue weighted by Crippen LogP contribution is -2.29. The standard InChI is InChI=1S/C12H12FN3O3S2/c1-8-11(16-20-15-8)12(17)14-6-7-21(18,19)10-4-2-9(13)3-5-10/h2-5H,6-7H2,1H3,(H,14,17). The summed E-state index contributed by atoms with van der Waals surface area (Å²) in [6.07, 6.45) is 0. The number of hydrogen-bond acceptors (Lipinski definition) is 6. The van der Waals surface area contributed by atoms with Gasteiger partial charge in [-0.05, 0) is 31.2 Å². The van der Waals surface area contributed by atoms with Crippen LogP contribution < -0.4 is 5.32 Å². The van der Waals surface area contributed by atoms with Gasteiger partial charge in [-0.25, -0.2) is 12.8 Å². The van der Waals surface area contributed by atoms with Crippen molar-refractivity contribution >= 4 is 27.5 Å². The highest BCUT2D eigenvalue weighted by Crippen LogP contribution is 2.11. The van der Waals surface area contributed by atoms with E-state index in [1.54, 1.807) is 6.92 Å². The molecule has 0 radical (unpaired) electrons. The first-order valence-electron chi connectivity index (χ1n) is 5.96. The predicted octanol–water partition coefficient (Wildman–Crippen LogP) is 1.19. The van der Waals surface area contributed by atoms with E-state index in [0.717, 1.165) is 23.9 Å². The number of hydrogen-bond donors (Lipinski definition) is 1. The average molecular weight is 329 g/mol. The second-order valence-electron chi connectivity index (χ2n) is 4.23. The maximum atomic E-state index is 12.8. The Morgan fingerprint density at radius 3 is 2.52 bits per heavy atom. The molecule has 0 atom stereocenters. The zero-order valence-electron chi connectivity index (χ0n) is 11.0. The summed E-state index contributed by atoms with van der Waals surface area (Å²) >= 11 is 0.917. The molecule has 112 valence electrons. The van der Waals surface area contributed by atoms with Gasteiger partial charge in [-0.2, -0.15) is 8.75 Å². The van der Waals surface area contributed by atoms with E-state index in [1.165, 1.54) is 12.1 Å². The van der Waals surface area contributed by atoms with Gasteiger partial charge in [0.25, 0.3) is 5.91 Å². The van der Waals surface area contributed by atoms with Crippen LogP contribution in [0.25, 0.3) is 0 Å². The van der Waals surface area contributed by atoms with E-state index in [2.05, 4.69) is 14.1 Å². The molecule has 0 fully saturated rings. The number of carbonyl (C=O) groups excluding carboxylic acids is 1. The van der Waals surface area contributed by atoms with Gasteiger partial charge in [-0.15, -0.1) is 0 Å². The predicted molar refractivity (Wildman–Crippen MR) is 75.4 cm³/mol. The SMILES string of the molecule is Cc1nsnc1C(=O)NCCS(=O)(=O)c1ccc(F)cc1. The number of aromatic nitrogens is 2. The van der Waals surface area contributed by atoms with Crippen molar-refractivity contribution in [1.82, 2.24) is 14.1 Å². The first kappa shape index (κ1) is 15.5. The van der Waals surface area contributed by atoms with E-state index in [0.29, 0.717) is 5.69 Å². The Bertz CT molecular complexity index is 741. The zero-order valence-corrected chi connectivity index (χ0v) is 12.7. The maximum absolute atomic E-state index is 12.8. The summed E-state index contributed by atoms with van der Waals surface area (Å²) < 4.78 is 44.4. The summed E-state index contributed by atoms with van der Waals surface area (Å²) in [4.78, 5) is 11.8. The van der Waals surface area contributed by atoms with Gasteiger partial charge in [0.05, 0.1) is 28.1 Å². The van der Waals surface area contributed by atoms with Gasteiger partial charge in [0.1, 0.15) is 5.82 Å². The van der Waals surface area contributed by atoms with Gasteiger partial charge in [0.15, 0.2) is 15.5 Å². The van der Waals surface area contributed by atoms with Crippen LogP contribution >= 0.6 is 11.7 Å². The van der Waals surface area contributed by atoms with E-state index in [4.69, 9.17) is 0 Å². The van der Waals surface area contributed by atoms with Crippen molar-refractivity contribution in [3.63, 3.8) is 0 Å². The largest absolute Gasteiger partial charge is 0.350 e. The normalized spacial score (nSPS) is 11.3. The molecular formula is C12H12FN3O3S2. The van der Waals surface area contributed by atoms with E-state index in [1.807, 2.05) is 0 Å². The molecule has 1 aromatic carbocycles. The first-order chi connectivity index (χ1) is 9.90. The van der Waals surface area contributed by atoms with Crippen LogP contribution in [0.15, 0.2) is 29.2 Å². The highest BCUT2D eigenvalue weighted by molar-refractivity contribution is 7.91. The topological polar surface area (TPSA) is 89.0 Å². The molecule has 0 saturated heterocycles. The fourth-order valence-electron chi connectivity index (χ4n) is 1.58. The molecule has 1 N–H and O–H groups in total. The number of halogens is 1. The molecule has 1 amide bonds. The molecular weight excluding hydrogens is 317 g/mol. The molecule has 1 heterocycles. The molecule has 6 nitrogen and oxygen atoms in total. The molecule has 0 saturated carbocycles. The molecule has 0 aliphatic heterocycles. The first-order valence-corrected chi connectivity index (χ1v) is 8.34. The highest BCUT2D eigenvalue weighted by Gasteiger charge is 2.17. The number of nitrogens with zero attached hydrogens (tertiary/aromatic N) is 2. The minimum Gasteiger partial charge on any atom is -0.350 e. The Balaban J connectivity index is 1.95.